The molecule has 0 spiro atoms. The van der Waals surface area contributed by atoms with E-state index in [1.54, 1.807) is 0 Å². The summed E-state index contributed by atoms with van der Waals surface area (Å²) in [5, 5.41) is 12.2. The molecule has 0 fully saturated rings. The Kier molecular flexibility index (Phi) is 6.58. The number of rotatable bonds is 8. The van der Waals surface area contributed by atoms with Crippen LogP contribution in [0.15, 0.2) is 60.7 Å². The van der Waals surface area contributed by atoms with Gasteiger partial charge < -0.3 is 29.4 Å². The van der Waals surface area contributed by atoms with Gasteiger partial charge in [-0.3, -0.25) is 0 Å². The van der Waals surface area contributed by atoms with Crippen molar-refractivity contribution in [1.29, 1.82) is 0 Å². The summed E-state index contributed by atoms with van der Waals surface area (Å²) >= 11 is 0. The van der Waals surface area contributed by atoms with Crippen LogP contribution in [-0.4, -0.2) is 45.1 Å². The molecule has 0 unspecified atom stereocenters. The normalized spacial score (nSPS) is 12.8. The van der Waals surface area contributed by atoms with Crippen LogP contribution in [0.1, 0.15) is 28.7 Å². The first-order valence-corrected chi connectivity index (χ1v) is 10.6. The Morgan fingerprint density at radius 3 is 1.88 bits per heavy atom. The number of benzene rings is 3. The Bertz CT molecular complexity index is 1150. The van der Waals surface area contributed by atoms with Gasteiger partial charge in [-0.2, -0.15) is 0 Å². The number of carbonyl (C=O) groups is 2. The summed E-state index contributed by atoms with van der Waals surface area (Å²) in [5.41, 5.74) is 4.59. The molecule has 4 rings (SSSR count). The third kappa shape index (κ3) is 4.22. The molecule has 1 aliphatic carbocycles. The Morgan fingerprint density at radius 2 is 1.41 bits per heavy atom. The number of fused-ring (bicyclic) bond motifs is 3. The van der Waals surface area contributed by atoms with Crippen molar-refractivity contribution in [1.82, 2.24) is 5.32 Å². The van der Waals surface area contributed by atoms with Gasteiger partial charge in [0.2, 0.25) is 5.75 Å². The van der Waals surface area contributed by atoms with Crippen LogP contribution in [0.3, 0.4) is 0 Å². The SMILES string of the molecule is COc1cc([C@H](NC(=O)OCC2c3ccccc3-c3ccccc32)C(=O)O)cc(OC)c1OC. The van der Waals surface area contributed by atoms with Crippen molar-refractivity contribution < 1.29 is 33.6 Å². The lowest BCUT2D eigenvalue weighted by atomic mass is 9.98. The second-order valence-corrected chi connectivity index (χ2v) is 7.70. The highest BCUT2D eigenvalue weighted by Crippen LogP contribution is 2.44. The van der Waals surface area contributed by atoms with E-state index in [-0.39, 0.29) is 29.6 Å². The zero-order chi connectivity index (χ0) is 24.2. The maximum Gasteiger partial charge on any atom is 0.408 e. The van der Waals surface area contributed by atoms with Crippen LogP contribution in [0, 0.1) is 0 Å². The van der Waals surface area contributed by atoms with Crippen molar-refractivity contribution in [2.75, 3.05) is 27.9 Å². The Morgan fingerprint density at radius 1 is 0.882 bits per heavy atom. The monoisotopic (exact) mass is 463 g/mol. The number of carbonyl (C=O) groups excluding carboxylic acids is 1. The molecule has 0 radical (unpaired) electrons. The first-order chi connectivity index (χ1) is 16.5. The van der Waals surface area contributed by atoms with Crippen molar-refractivity contribution in [2.24, 2.45) is 0 Å². The van der Waals surface area contributed by atoms with Gasteiger partial charge in [-0.05, 0) is 39.9 Å². The molecule has 1 amide bonds. The van der Waals surface area contributed by atoms with Gasteiger partial charge >= 0.3 is 12.1 Å². The fourth-order valence-electron chi connectivity index (χ4n) is 4.31. The Balaban J connectivity index is 1.53. The molecule has 34 heavy (non-hydrogen) atoms. The van der Waals surface area contributed by atoms with Gasteiger partial charge in [-0.15, -0.1) is 0 Å². The Hall–Kier alpha value is -4.20. The lowest BCUT2D eigenvalue weighted by Crippen LogP contribution is -2.35. The molecule has 0 saturated carbocycles. The van der Waals surface area contributed by atoms with Gasteiger partial charge in [0.15, 0.2) is 17.5 Å². The lowest BCUT2D eigenvalue weighted by Gasteiger charge is -2.20. The molecular formula is C26H25NO7. The topological polar surface area (TPSA) is 103 Å². The minimum absolute atomic E-state index is 0.0709. The predicted molar refractivity (Wildman–Crippen MR) is 125 cm³/mol. The number of hydrogen-bond acceptors (Lipinski definition) is 6. The van der Waals surface area contributed by atoms with Crippen LogP contribution in [0.25, 0.3) is 11.1 Å². The molecule has 1 atom stereocenters. The van der Waals surface area contributed by atoms with Crippen LogP contribution >= 0.6 is 0 Å². The van der Waals surface area contributed by atoms with Crippen molar-refractivity contribution in [2.45, 2.75) is 12.0 Å². The lowest BCUT2D eigenvalue weighted by molar-refractivity contribution is -0.139. The zero-order valence-electron chi connectivity index (χ0n) is 19.0. The molecule has 1 aliphatic rings. The molecule has 8 heteroatoms. The van der Waals surface area contributed by atoms with E-state index >= 15 is 0 Å². The maximum atomic E-state index is 12.7. The number of amides is 1. The molecule has 0 bridgehead atoms. The third-order valence-corrected chi connectivity index (χ3v) is 5.87. The van der Waals surface area contributed by atoms with Gasteiger partial charge in [-0.1, -0.05) is 48.5 Å². The standard InChI is InChI=1S/C26H25NO7/c1-31-21-12-15(13-22(32-2)24(21)33-3)23(25(28)29)27-26(30)34-14-20-18-10-6-4-8-16(18)17-9-5-7-11-19(17)20/h4-13,20,23H,14H2,1-3H3,(H,27,30)(H,28,29)/t23-/m0/s1. The smallest absolute Gasteiger partial charge is 0.408 e. The van der Waals surface area contributed by atoms with Crippen LogP contribution in [-0.2, 0) is 9.53 Å². The van der Waals surface area contributed by atoms with E-state index in [4.69, 9.17) is 18.9 Å². The average Bonchev–Trinajstić information content (AvgIpc) is 3.18. The Labute approximate surface area is 197 Å². The zero-order valence-corrected chi connectivity index (χ0v) is 19.0. The summed E-state index contributed by atoms with van der Waals surface area (Å²) in [6, 6.07) is 17.5. The van der Waals surface area contributed by atoms with Gasteiger partial charge in [-0.25, -0.2) is 9.59 Å². The van der Waals surface area contributed by atoms with E-state index < -0.39 is 18.1 Å². The number of nitrogens with one attached hydrogen (secondary N) is 1. The fraction of sp³-hybridized carbons (Fsp3) is 0.231. The highest BCUT2D eigenvalue weighted by atomic mass is 16.5. The van der Waals surface area contributed by atoms with E-state index in [1.807, 2.05) is 48.5 Å². The minimum atomic E-state index is -1.38. The average molecular weight is 463 g/mol. The maximum absolute atomic E-state index is 12.7. The summed E-state index contributed by atoms with van der Waals surface area (Å²) in [6.45, 7) is 0.0709. The van der Waals surface area contributed by atoms with E-state index in [0.29, 0.717) is 5.75 Å². The number of methoxy groups -OCH3 is 3. The van der Waals surface area contributed by atoms with Crippen molar-refractivity contribution in [3.63, 3.8) is 0 Å². The largest absolute Gasteiger partial charge is 0.493 e. The van der Waals surface area contributed by atoms with E-state index in [1.165, 1.54) is 33.5 Å². The van der Waals surface area contributed by atoms with E-state index in [2.05, 4.69) is 5.32 Å². The summed E-state index contributed by atoms with van der Waals surface area (Å²) in [5.74, 6) is -0.528. The number of carboxylic acid groups (broad SMARTS) is 1. The highest BCUT2D eigenvalue weighted by molar-refractivity contribution is 5.82. The molecular weight excluding hydrogens is 438 g/mol. The second-order valence-electron chi connectivity index (χ2n) is 7.70. The number of alkyl carbamates (subject to hydrolysis) is 1. The van der Waals surface area contributed by atoms with E-state index in [9.17, 15) is 14.7 Å². The van der Waals surface area contributed by atoms with Gasteiger partial charge in [0.1, 0.15) is 6.61 Å². The van der Waals surface area contributed by atoms with Crippen molar-refractivity contribution >= 4 is 12.1 Å². The van der Waals surface area contributed by atoms with Crippen molar-refractivity contribution in [3.05, 3.63) is 77.4 Å². The van der Waals surface area contributed by atoms with Gasteiger partial charge in [0.05, 0.1) is 21.3 Å². The summed E-state index contributed by atoms with van der Waals surface area (Å²) in [7, 11) is 4.30. The van der Waals surface area contributed by atoms with E-state index in [0.717, 1.165) is 22.3 Å². The van der Waals surface area contributed by atoms with Crippen molar-refractivity contribution in [3.8, 4) is 28.4 Å². The molecule has 0 aliphatic heterocycles. The number of carboxylic acids is 1. The fourth-order valence-corrected chi connectivity index (χ4v) is 4.31. The predicted octanol–water partition coefficient (Wildman–Crippen LogP) is 4.38. The molecule has 0 heterocycles. The van der Waals surface area contributed by atoms with Crippen LogP contribution < -0.4 is 19.5 Å². The summed E-state index contributed by atoms with van der Waals surface area (Å²) in [4.78, 5) is 24.7. The molecule has 2 N–H and O–H groups in total. The number of ether oxygens (including phenoxy) is 4. The molecule has 0 aromatic heterocycles. The first-order valence-electron chi connectivity index (χ1n) is 10.6. The molecule has 176 valence electrons. The molecule has 8 nitrogen and oxygen atoms in total. The van der Waals surface area contributed by atoms with Gasteiger partial charge in [0.25, 0.3) is 0 Å². The molecule has 3 aromatic carbocycles. The summed E-state index contributed by atoms with van der Waals surface area (Å²) in [6.07, 6.45) is -0.844. The van der Waals surface area contributed by atoms with Crippen LogP contribution in [0.4, 0.5) is 4.79 Å². The molecule has 3 aromatic rings. The van der Waals surface area contributed by atoms with Crippen LogP contribution in [0.5, 0.6) is 17.2 Å². The van der Waals surface area contributed by atoms with Gasteiger partial charge in [0, 0.05) is 5.92 Å². The number of aliphatic carboxylic acids is 1. The highest BCUT2D eigenvalue weighted by Gasteiger charge is 2.30. The number of hydrogen-bond donors (Lipinski definition) is 2. The second kappa shape index (κ2) is 9.74. The quantitative estimate of drug-likeness (QED) is 0.511. The summed E-state index contributed by atoms with van der Waals surface area (Å²) < 4.78 is 21.4. The first kappa shape index (κ1) is 23.0. The molecule has 0 saturated heterocycles. The van der Waals surface area contributed by atoms with Crippen LogP contribution in [0.2, 0.25) is 0 Å². The minimum Gasteiger partial charge on any atom is -0.493 e. The third-order valence-electron chi connectivity index (χ3n) is 5.87.